The zero-order valence-corrected chi connectivity index (χ0v) is 12.2. The first-order valence-electron chi connectivity index (χ1n) is 7.08. The molecular weight excluding hydrogens is 234 g/mol. The molecule has 2 heteroatoms. The van der Waals surface area contributed by atoms with E-state index in [1.807, 2.05) is 18.2 Å². The summed E-state index contributed by atoms with van der Waals surface area (Å²) >= 11 is 0. The van der Waals surface area contributed by atoms with Crippen LogP contribution in [-0.4, -0.2) is 11.6 Å². The zero-order chi connectivity index (χ0) is 13.9. The lowest BCUT2D eigenvalue weighted by atomic mass is 9.76. The highest BCUT2D eigenvalue weighted by atomic mass is 16.5. The van der Waals surface area contributed by atoms with E-state index < -0.39 is 0 Å². The highest BCUT2D eigenvalue weighted by molar-refractivity contribution is 5.15. The molecule has 0 aromatic heterocycles. The Morgan fingerprint density at radius 2 is 1.95 bits per heavy atom. The second-order valence-electron chi connectivity index (χ2n) is 6.24. The lowest BCUT2D eigenvalue weighted by molar-refractivity contribution is 0.00358. The van der Waals surface area contributed by atoms with E-state index in [0.717, 1.165) is 12.8 Å². The molecule has 1 aromatic rings. The molecule has 2 atom stereocenters. The Hall–Kier alpha value is -1.12. The van der Waals surface area contributed by atoms with E-state index in [1.54, 1.807) is 0 Å². The Bertz CT molecular complexity index is 430. The first-order chi connectivity index (χ1) is 8.97. The van der Waals surface area contributed by atoms with Gasteiger partial charge in [0.1, 0.15) is 0 Å². The van der Waals surface area contributed by atoms with Crippen LogP contribution < -0.4 is 5.73 Å². The maximum atomic E-state index is 6.31. The van der Waals surface area contributed by atoms with Gasteiger partial charge < -0.3 is 10.5 Å². The van der Waals surface area contributed by atoms with Gasteiger partial charge >= 0.3 is 0 Å². The summed E-state index contributed by atoms with van der Waals surface area (Å²) in [6.45, 7) is 7.04. The van der Waals surface area contributed by atoms with Gasteiger partial charge in [0.25, 0.3) is 0 Å². The summed E-state index contributed by atoms with van der Waals surface area (Å²) in [4.78, 5) is 0. The van der Waals surface area contributed by atoms with Crippen LogP contribution >= 0.6 is 0 Å². The van der Waals surface area contributed by atoms with E-state index in [2.05, 4.69) is 39.0 Å². The van der Waals surface area contributed by atoms with Crippen molar-refractivity contribution in [3.8, 4) is 0 Å². The average molecular weight is 259 g/mol. The summed E-state index contributed by atoms with van der Waals surface area (Å²) in [6.07, 6.45) is 4.64. The molecule has 0 saturated carbocycles. The Morgan fingerprint density at radius 3 is 2.58 bits per heavy atom. The van der Waals surface area contributed by atoms with Crippen LogP contribution in [0.1, 0.15) is 39.2 Å². The van der Waals surface area contributed by atoms with E-state index in [-0.39, 0.29) is 11.6 Å². The number of ether oxygens (including phenoxy) is 1. The molecule has 2 N–H and O–H groups in total. The van der Waals surface area contributed by atoms with Crippen LogP contribution in [0.15, 0.2) is 42.0 Å². The average Bonchev–Trinajstić information content (AvgIpc) is 2.36. The minimum Gasteiger partial charge on any atom is -0.369 e. The Kier molecular flexibility index (Phi) is 4.43. The molecule has 19 heavy (non-hydrogen) atoms. The van der Waals surface area contributed by atoms with Gasteiger partial charge in [-0.1, -0.05) is 42.0 Å². The van der Waals surface area contributed by atoms with Gasteiger partial charge in [-0.3, -0.25) is 0 Å². The molecule has 104 valence electrons. The molecular formula is C17H25NO. The highest BCUT2D eigenvalue weighted by Crippen LogP contribution is 2.32. The molecule has 0 aliphatic heterocycles. The summed E-state index contributed by atoms with van der Waals surface area (Å²) in [6, 6.07) is 10.3. The molecule has 0 amide bonds. The topological polar surface area (TPSA) is 35.2 Å². The van der Waals surface area contributed by atoms with Crippen LogP contribution in [0.3, 0.4) is 0 Å². The van der Waals surface area contributed by atoms with Gasteiger partial charge in [-0.05, 0) is 39.2 Å². The van der Waals surface area contributed by atoms with Crippen molar-refractivity contribution in [1.82, 2.24) is 0 Å². The quantitative estimate of drug-likeness (QED) is 0.837. The lowest BCUT2D eigenvalue weighted by Crippen LogP contribution is -2.48. The minimum absolute atomic E-state index is 0.133. The van der Waals surface area contributed by atoms with E-state index >= 15 is 0 Å². The number of allylic oxidation sites excluding steroid dienone is 1. The van der Waals surface area contributed by atoms with E-state index in [4.69, 9.17) is 10.5 Å². The van der Waals surface area contributed by atoms with Gasteiger partial charge in [0, 0.05) is 11.5 Å². The molecule has 1 aromatic carbocycles. The number of rotatable bonds is 4. The molecule has 0 fully saturated rings. The normalized spacial score (nSPS) is 24.1. The van der Waals surface area contributed by atoms with E-state index in [1.165, 1.54) is 11.1 Å². The number of nitrogens with two attached hydrogens (primary N) is 1. The van der Waals surface area contributed by atoms with Gasteiger partial charge in [0.2, 0.25) is 0 Å². The van der Waals surface area contributed by atoms with Crippen LogP contribution in [0.2, 0.25) is 0 Å². The fourth-order valence-corrected chi connectivity index (χ4v) is 2.75. The predicted molar refractivity (Wildman–Crippen MR) is 79.8 cm³/mol. The molecule has 2 nitrogen and oxygen atoms in total. The molecule has 0 heterocycles. The van der Waals surface area contributed by atoms with Crippen molar-refractivity contribution in [1.29, 1.82) is 0 Å². The summed E-state index contributed by atoms with van der Waals surface area (Å²) < 4.78 is 6.12. The molecule has 2 unspecified atom stereocenters. The zero-order valence-electron chi connectivity index (χ0n) is 12.2. The molecule has 1 aliphatic carbocycles. The van der Waals surface area contributed by atoms with Gasteiger partial charge in [0.05, 0.1) is 12.7 Å². The van der Waals surface area contributed by atoms with Gasteiger partial charge in [-0.15, -0.1) is 0 Å². The van der Waals surface area contributed by atoms with Crippen LogP contribution in [-0.2, 0) is 11.3 Å². The molecule has 0 saturated heterocycles. The van der Waals surface area contributed by atoms with Crippen molar-refractivity contribution in [2.75, 3.05) is 0 Å². The third-order valence-electron chi connectivity index (χ3n) is 3.94. The molecule has 0 bridgehead atoms. The summed E-state index contributed by atoms with van der Waals surface area (Å²) in [5, 5.41) is 0. The van der Waals surface area contributed by atoms with Crippen molar-refractivity contribution >= 4 is 0 Å². The maximum Gasteiger partial charge on any atom is 0.0808 e. The third-order valence-corrected chi connectivity index (χ3v) is 3.94. The Morgan fingerprint density at radius 1 is 1.26 bits per heavy atom. The fourth-order valence-electron chi connectivity index (χ4n) is 2.75. The molecule has 0 radical (unpaired) electrons. The van der Waals surface area contributed by atoms with Crippen molar-refractivity contribution in [3.63, 3.8) is 0 Å². The summed E-state index contributed by atoms with van der Waals surface area (Å²) in [7, 11) is 0. The van der Waals surface area contributed by atoms with Gasteiger partial charge in [-0.25, -0.2) is 0 Å². The van der Waals surface area contributed by atoms with Gasteiger partial charge in [-0.2, -0.15) is 0 Å². The van der Waals surface area contributed by atoms with Crippen LogP contribution in [0.4, 0.5) is 0 Å². The monoisotopic (exact) mass is 259 g/mol. The first-order valence-corrected chi connectivity index (χ1v) is 7.08. The first kappa shape index (κ1) is 14.3. The van der Waals surface area contributed by atoms with Crippen LogP contribution in [0.5, 0.6) is 0 Å². The molecule has 2 rings (SSSR count). The van der Waals surface area contributed by atoms with Crippen molar-refractivity contribution in [2.45, 2.75) is 51.9 Å². The summed E-state index contributed by atoms with van der Waals surface area (Å²) in [5.41, 5.74) is 8.74. The smallest absolute Gasteiger partial charge is 0.0808 e. The Balaban J connectivity index is 2.04. The number of hydrogen-bond acceptors (Lipinski definition) is 2. The predicted octanol–water partition coefficient (Wildman–Crippen LogP) is 3.67. The fraction of sp³-hybridized carbons (Fsp3) is 0.529. The molecule has 1 aliphatic rings. The van der Waals surface area contributed by atoms with Crippen molar-refractivity contribution < 1.29 is 4.74 Å². The highest BCUT2D eigenvalue weighted by Gasteiger charge is 2.34. The number of benzene rings is 1. The minimum atomic E-state index is -0.196. The SMILES string of the molecule is CC1=CC(OCc2ccccc2)C(C(C)(C)N)CC1. The van der Waals surface area contributed by atoms with Crippen molar-refractivity contribution in [3.05, 3.63) is 47.5 Å². The van der Waals surface area contributed by atoms with E-state index in [9.17, 15) is 0 Å². The third kappa shape index (κ3) is 3.92. The van der Waals surface area contributed by atoms with Crippen LogP contribution in [0, 0.1) is 5.92 Å². The van der Waals surface area contributed by atoms with Crippen molar-refractivity contribution in [2.24, 2.45) is 11.7 Å². The maximum absolute atomic E-state index is 6.31. The molecule has 0 spiro atoms. The standard InChI is InChI=1S/C17H25NO/c1-13-9-10-15(17(2,3)18)16(11-13)19-12-14-7-5-4-6-8-14/h4-8,11,15-16H,9-10,12,18H2,1-3H3. The second kappa shape index (κ2) is 5.89. The largest absolute Gasteiger partial charge is 0.369 e. The van der Waals surface area contributed by atoms with Crippen LogP contribution in [0.25, 0.3) is 0 Å². The summed E-state index contributed by atoms with van der Waals surface area (Å²) in [5.74, 6) is 0.389. The second-order valence-corrected chi connectivity index (χ2v) is 6.24. The lowest BCUT2D eigenvalue weighted by Gasteiger charge is -2.38. The van der Waals surface area contributed by atoms with Gasteiger partial charge in [0.15, 0.2) is 0 Å². The van der Waals surface area contributed by atoms with E-state index in [0.29, 0.717) is 12.5 Å². The Labute approximate surface area is 116 Å². The number of hydrogen-bond donors (Lipinski definition) is 1.